The van der Waals surface area contributed by atoms with Crippen molar-refractivity contribution < 1.29 is 4.39 Å². The molecule has 0 saturated carbocycles. The summed E-state index contributed by atoms with van der Waals surface area (Å²) in [6.07, 6.45) is 0.988. The van der Waals surface area contributed by atoms with Crippen LogP contribution in [-0.4, -0.2) is 0 Å². The average molecular weight is 241 g/mol. The normalized spacial score (nSPS) is 22.1. The molecule has 1 nitrogen and oxygen atoms in total. The van der Waals surface area contributed by atoms with Gasteiger partial charge in [-0.15, -0.1) is 0 Å². The van der Waals surface area contributed by atoms with Gasteiger partial charge < -0.3 is 5.32 Å². The van der Waals surface area contributed by atoms with Gasteiger partial charge in [-0.1, -0.05) is 43.3 Å². The van der Waals surface area contributed by atoms with Crippen molar-refractivity contribution in [1.29, 1.82) is 0 Å². The second kappa shape index (κ2) is 4.45. The zero-order valence-electron chi connectivity index (χ0n) is 10.4. The van der Waals surface area contributed by atoms with Gasteiger partial charge in [0.2, 0.25) is 0 Å². The van der Waals surface area contributed by atoms with Crippen LogP contribution in [0, 0.1) is 11.7 Å². The molecule has 0 spiro atoms. The Labute approximate surface area is 107 Å². The molecule has 1 aliphatic heterocycles. The topological polar surface area (TPSA) is 12.0 Å². The van der Waals surface area contributed by atoms with E-state index in [1.54, 1.807) is 6.07 Å². The Bertz CT molecular complexity index is 565. The maximum Gasteiger partial charge on any atom is 0.128 e. The molecule has 2 aromatic carbocycles. The summed E-state index contributed by atoms with van der Waals surface area (Å²) >= 11 is 0. The van der Waals surface area contributed by atoms with Gasteiger partial charge in [0.05, 0.1) is 6.04 Å². The molecule has 0 saturated heterocycles. The van der Waals surface area contributed by atoms with Gasteiger partial charge in [0.1, 0.15) is 5.82 Å². The van der Waals surface area contributed by atoms with E-state index >= 15 is 0 Å². The molecule has 0 bridgehead atoms. The van der Waals surface area contributed by atoms with Crippen LogP contribution in [0.4, 0.5) is 10.1 Å². The number of nitrogens with one attached hydrogen (secondary N) is 1. The quantitative estimate of drug-likeness (QED) is 0.790. The molecular formula is C16H16FN. The Morgan fingerprint density at radius 3 is 2.61 bits per heavy atom. The van der Waals surface area contributed by atoms with E-state index in [1.165, 1.54) is 11.6 Å². The van der Waals surface area contributed by atoms with Crippen molar-refractivity contribution in [3.05, 3.63) is 65.5 Å². The minimum Gasteiger partial charge on any atom is -0.378 e. The molecular weight excluding hydrogens is 225 g/mol. The van der Waals surface area contributed by atoms with E-state index in [2.05, 4.69) is 30.4 Å². The third-order valence-corrected chi connectivity index (χ3v) is 3.68. The van der Waals surface area contributed by atoms with Gasteiger partial charge in [0, 0.05) is 11.3 Å². The molecule has 1 N–H and O–H groups in total. The van der Waals surface area contributed by atoms with E-state index in [1.807, 2.05) is 18.2 Å². The van der Waals surface area contributed by atoms with Gasteiger partial charge in [0.25, 0.3) is 0 Å². The average Bonchev–Trinajstić information content (AvgIpc) is 2.39. The lowest BCUT2D eigenvalue weighted by molar-refractivity contribution is 0.459. The molecule has 1 heterocycles. The summed E-state index contributed by atoms with van der Waals surface area (Å²) in [5, 5.41) is 3.46. The van der Waals surface area contributed by atoms with Gasteiger partial charge in [-0.3, -0.25) is 0 Å². The van der Waals surface area contributed by atoms with E-state index in [-0.39, 0.29) is 11.9 Å². The molecule has 0 aliphatic carbocycles. The largest absolute Gasteiger partial charge is 0.378 e. The van der Waals surface area contributed by atoms with Gasteiger partial charge >= 0.3 is 0 Å². The van der Waals surface area contributed by atoms with Gasteiger partial charge in [-0.05, 0) is 30.0 Å². The standard InChI is InChI=1S/C16H16FN/c1-11-10-12-6-2-5-9-15(12)18-16(11)13-7-3-4-8-14(13)17/h2-9,11,16,18H,10H2,1H3. The molecule has 2 heteroatoms. The van der Waals surface area contributed by atoms with Crippen LogP contribution in [0.1, 0.15) is 24.1 Å². The van der Waals surface area contributed by atoms with Gasteiger partial charge in [0.15, 0.2) is 0 Å². The molecule has 92 valence electrons. The third-order valence-electron chi connectivity index (χ3n) is 3.68. The number of para-hydroxylation sites is 1. The van der Waals surface area contributed by atoms with Crippen molar-refractivity contribution in [3.8, 4) is 0 Å². The maximum atomic E-state index is 13.9. The predicted molar refractivity (Wildman–Crippen MR) is 72.1 cm³/mol. The molecule has 2 aromatic rings. The molecule has 0 fully saturated rings. The molecule has 1 aliphatic rings. The zero-order chi connectivity index (χ0) is 12.5. The second-order valence-corrected chi connectivity index (χ2v) is 4.98. The Morgan fingerprint density at radius 1 is 1.06 bits per heavy atom. The third kappa shape index (κ3) is 1.88. The molecule has 0 aromatic heterocycles. The van der Waals surface area contributed by atoms with Crippen LogP contribution >= 0.6 is 0 Å². The first-order valence-corrected chi connectivity index (χ1v) is 6.34. The fourth-order valence-electron chi connectivity index (χ4n) is 2.73. The van der Waals surface area contributed by atoms with E-state index in [0.29, 0.717) is 5.92 Å². The van der Waals surface area contributed by atoms with Crippen LogP contribution in [0.3, 0.4) is 0 Å². The van der Waals surface area contributed by atoms with Crippen LogP contribution in [0.2, 0.25) is 0 Å². The van der Waals surface area contributed by atoms with Crippen LogP contribution < -0.4 is 5.32 Å². The van der Waals surface area contributed by atoms with Crippen molar-refractivity contribution in [3.63, 3.8) is 0 Å². The summed E-state index contributed by atoms with van der Waals surface area (Å²) < 4.78 is 13.9. The molecule has 2 atom stereocenters. The number of fused-ring (bicyclic) bond motifs is 1. The summed E-state index contributed by atoms with van der Waals surface area (Å²) in [6.45, 7) is 2.17. The van der Waals surface area contributed by atoms with Crippen LogP contribution in [0.5, 0.6) is 0 Å². The van der Waals surface area contributed by atoms with Crippen LogP contribution in [0.25, 0.3) is 0 Å². The minimum atomic E-state index is -0.124. The molecule has 2 unspecified atom stereocenters. The molecule has 0 radical (unpaired) electrons. The highest BCUT2D eigenvalue weighted by Gasteiger charge is 2.27. The second-order valence-electron chi connectivity index (χ2n) is 4.98. The first-order chi connectivity index (χ1) is 8.75. The summed E-state index contributed by atoms with van der Waals surface area (Å²) in [6, 6.07) is 15.4. The van der Waals surface area contributed by atoms with Crippen LogP contribution in [0.15, 0.2) is 48.5 Å². The lowest BCUT2D eigenvalue weighted by Crippen LogP contribution is -2.26. The Morgan fingerprint density at radius 2 is 1.78 bits per heavy atom. The van der Waals surface area contributed by atoms with Crippen molar-refractivity contribution in [2.75, 3.05) is 5.32 Å². The molecule has 0 amide bonds. The summed E-state index contributed by atoms with van der Waals surface area (Å²) in [7, 11) is 0. The summed E-state index contributed by atoms with van der Waals surface area (Å²) in [5.74, 6) is 0.262. The minimum absolute atomic E-state index is 0.0566. The summed E-state index contributed by atoms with van der Waals surface area (Å²) in [5.41, 5.74) is 3.21. The monoisotopic (exact) mass is 241 g/mol. The fourth-order valence-corrected chi connectivity index (χ4v) is 2.73. The van der Waals surface area contributed by atoms with Gasteiger partial charge in [-0.25, -0.2) is 4.39 Å². The molecule has 18 heavy (non-hydrogen) atoms. The Balaban J connectivity index is 1.99. The Hall–Kier alpha value is -1.83. The van der Waals surface area contributed by atoms with Crippen LogP contribution in [-0.2, 0) is 6.42 Å². The van der Waals surface area contributed by atoms with E-state index in [4.69, 9.17) is 0 Å². The first kappa shape index (κ1) is 11.3. The lowest BCUT2D eigenvalue weighted by atomic mass is 9.85. The lowest BCUT2D eigenvalue weighted by Gasteiger charge is -2.33. The highest BCUT2D eigenvalue weighted by Crippen LogP contribution is 2.37. The van der Waals surface area contributed by atoms with E-state index in [9.17, 15) is 4.39 Å². The molecule has 3 rings (SSSR count). The Kier molecular flexibility index (Phi) is 2.78. The van der Waals surface area contributed by atoms with Crippen molar-refractivity contribution >= 4 is 5.69 Å². The van der Waals surface area contributed by atoms with Crippen molar-refractivity contribution in [1.82, 2.24) is 0 Å². The van der Waals surface area contributed by atoms with E-state index < -0.39 is 0 Å². The predicted octanol–water partition coefficient (Wildman–Crippen LogP) is 4.17. The smallest absolute Gasteiger partial charge is 0.128 e. The van der Waals surface area contributed by atoms with Crippen molar-refractivity contribution in [2.45, 2.75) is 19.4 Å². The first-order valence-electron chi connectivity index (χ1n) is 6.34. The zero-order valence-corrected chi connectivity index (χ0v) is 10.4. The highest BCUT2D eigenvalue weighted by atomic mass is 19.1. The number of hydrogen-bond donors (Lipinski definition) is 1. The summed E-state index contributed by atoms with van der Waals surface area (Å²) in [4.78, 5) is 0. The fraction of sp³-hybridized carbons (Fsp3) is 0.250. The van der Waals surface area contributed by atoms with Gasteiger partial charge in [-0.2, -0.15) is 0 Å². The SMILES string of the molecule is CC1Cc2ccccc2NC1c1ccccc1F. The number of rotatable bonds is 1. The highest BCUT2D eigenvalue weighted by molar-refractivity contribution is 5.55. The van der Waals surface area contributed by atoms with E-state index in [0.717, 1.165) is 17.7 Å². The van der Waals surface area contributed by atoms with Crippen molar-refractivity contribution in [2.24, 2.45) is 5.92 Å². The number of anilines is 1. The number of halogens is 1. The maximum absolute atomic E-state index is 13.9. The number of hydrogen-bond acceptors (Lipinski definition) is 1. The number of benzene rings is 2.